The van der Waals surface area contributed by atoms with Crippen LogP contribution in [-0.2, 0) is 9.47 Å². The van der Waals surface area contributed by atoms with Gasteiger partial charge in [0.2, 0.25) is 0 Å². The van der Waals surface area contributed by atoms with Crippen LogP contribution in [0.15, 0.2) is 23.2 Å². The lowest BCUT2D eigenvalue weighted by Crippen LogP contribution is -2.42. The van der Waals surface area contributed by atoms with E-state index in [1.807, 2.05) is 18.2 Å². The van der Waals surface area contributed by atoms with Gasteiger partial charge < -0.3 is 34.5 Å². The van der Waals surface area contributed by atoms with Crippen molar-refractivity contribution >= 4 is 35.6 Å². The van der Waals surface area contributed by atoms with Crippen molar-refractivity contribution < 1.29 is 18.9 Å². The number of hydrogen-bond acceptors (Lipinski definition) is 6. The van der Waals surface area contributed by atoms with E-state index in [9.17, 15) is 0 Å². The molecule has 1 aromatic carbocycles. The molecule has 1 aromatic rings. The van der Waals surface area contributed by atoms with Crippen LogP contribution in [-0.4, -0.2) is 83.2 Å². The summed E-state index contributed by atoms with van der Waals surface area (Å²) in [6, 6.07) is 5.90. The third-order valence-corrected chi connectivity index (χ3v) is 5.01. The average molecular weight is 562 g/mol. The fraction of sp³-hybridized carbons (Fsp3) is 0.696. The van der Waals surface area contributed by atoms with Gasteiger partial charge in [-0.15, -0.1) is 24.0 Å². The van der Waals surface area contributed by atoms with E-state index < -0.39 is 0 Å². The van der Waals surface area contributed by atoms with Gasteiger partial charge in [-0.05, 0) is 31.5 Å². The van der Waals surface area contributed by atoms with E-state index >= 15 is 0 Å². The number of hydrogen-bond donors (Lipinski definition) is 2. The Labute approximate surface area is 209 Å². The monoisotopic (exact) mass is 562 g/mol. The maximum Gasteiger partial charge on any atom is 0.195 e. The molecule has 8 nitrogen and oxygen atoms in total. The topological polar surface area (TPSA) is 76.6 Å². The number of morpholine rings is 1. The Kier molecular flexibility index (Phi) is 12.4. The van der Waals surface area contributed by atoms with Crippen LogP contribution < -0.4 is 20.1 Å². The second-order valence-electron chi connectivity index (χ2n) is 8.53. The smallest absolute Gasteiger partial charge is 0.195 e. The number of rotatable bonds is 9. The molecule has 2 aliphatic heterocycles. The minimum absolute atomic E-state index is 0. The first-order valence-electron chi connectivity index (χ1n) is 11.4. The molecule has 0 saturated carbocycles. The number of aliphatic imine (C=N–C) groups is 1. The second-order valence-corrected chi connectivity index (χ2v) is 8.53. The van der Waals surface area contributed by atoms with Gasteiger partial charge in [0.25, 0.3) is 0 Å². The van der Waals surface area contributed by atoms with Crippen LogP contribution >= 0.6 is 24.0 Å². The standard InChI is InChI=1S/C23H38N4O4.HI/c1-18(2)17-28-10-4-8-24-23(25-15-20-16-27(3)9-13-29-20)26-19-6-7-21-22(14-19)31-12-5-11-30-21;/h6-7,14,18,20H,4-5,8-13,15-17H2,1-3H3,(H2,24,25,26);1H. The molecule has 0 bridgehead atoms. The molecule has 32 heavy (non-hydrogen) atoms. The van der Waals surface area contributed by atoms with Crippen molar-refractivity contribution in [2.24, 2.45) is 10.9 Å². The number of anilines is 1. The first kappa shape index (κ1) is 26.9. The van der Waals surface area contributed by atoms with E-state index in [1.165, 1.54) is 0 Å². The highest BCUT2D eigenvalue weighted by molar-refractivity contribution is 14.0. The Bertz CT molecular complexity index is 705. The predicted molar refractivity (Wildman–Crippen MR) is 139 cm³/mol. The number of nitrogens with one attached hydrogen (secondary N) is 2. The van der Waals surface area contributed by atoms with E-state index in [2.05, 4.69) is 36.4 Å². The number of guanidine groups is 1. The van der Waals surface area contributed by atoms with Gasteiger partial charge >= 0.3 is 0 Å². The summed E-state index contributed by atoms with van der Waals surface area (Å²) in [5, 5.41) is 6.82. The van der Waals surface area contributed by atoms with Crippen molar-refractivity contribution in [3.63, 3.8) is 0 Å². The SMILES string of the molecule is CC(C)COCCCNC(=NCC1CN(C)CCO1)Nc1ccc2c(c1)OCCCO2.I. The summed E-state index contributed by atoms with van der Waals surface area (Å²) in [7, 11) is 2.12. The van der Waals surface area contributed by atoms with Crippen molar-refractivity contribution in [2.45, 2.75) is 32.8 Å². The van der Waals surface area contributed by atoms with Gasteiger partial charge in [-0.25, -0.2) is 0 Å². The minimum Gasteiger partial charge on any atom is -0.490 e. The summed E-state index contributed by atoms with van der Waals surface area (Å²) in [5.74, 6) is 2.84. The van der Waals surface area contributed by atoms with E-state index in [1.54, 1.807) is 0 Å². The first-order valence-corrected chi connectivity index (χ1v) is 11.4. The van der Waals surface area contributed by atoms with E-state index in [4.69, 9.17) is 23.9 Å². The van der Waals surface area contributed by atoms with Crippen LogP contribution in [0.5, 0.6) is 11.5 Å². The molecule has 0 spiro atoms. The third kappa shape index (κ3) is 9.68. The summed E-state index contributed by atoms with van der Waals surface area (Å²) in [6.07, 6.45) is 1.91. The lowest BCUT2D eigenvalue weighted by molar-refractivity contribution is -0.0136. The van der Waals surface area contributed by atoms with Crippen molar-refractivity contribution in [3.05, 3.63) is 18.2 Å². The molecule has 9 heteroatoms. The number of nitrogens with zero attached hydrogens (tertiary/aromatic N) is 2. The Hall–Kier alpha value is -1.30. The number of ether oxygens (including phenoxy) is 4. The molecule has 0 amide bonds. The molecule has 1 saturated heterocycles. The summed E-state index contributed by atoms with van der Waals surface area (Å²) in [4.78, 5) is 7.06. The molecule has 2 heterocycles. The highest BCUT2D eigenvalue weighted by Crippen LogP contribution is 2.32. The van der Waals surface area contributed by atoms with Crippen molar-refractivity contribution in [2.75, 3.05) is 71.6 Å². The normalized spacial score (nSPS) is 19.2. The zero-order valence-corrected chi connectivity index (χ0v) is 21.9. The Morgan fingerprint density at radius 2 is 2.03 bits per heavy atom. The van der Waals surface area contributed by atoms with Crippen molar-refractivity contribution in [1.29, 1.82) is 0 Å². The van der Waals surface area contributed by atoms with Gasteiger partial charge in [0.15, 0.2) is 17.5 Å². The van der Waals surface area contributed by atoms with Crippen LogP contribution in [0.3, 0.4) is 0 Å². The van der Waals surface area contributed by atoms with Gasteiger partial charge in [-0.1, -0.05) is 13.8 Å². The van der Waals surface area contributed by atoms with Gasteiger partial charge in [0.05, 0.1) is 32.5 Å². The highest BCUT2D eigenvalue weighted by Gasteiger charge is 2.17. The summed E-state index contributed by atoms with van der Waals surface area (Å²) < 4.78 is 23.1. The lowest BCUT2D eigenvalue weighted by Gasteiger charge is -2.29. The van der Waals surface area contributed by atoms with Gasteiger partial charge in [0, 0.05) is 51.0 Å². The molecule has 2 aliphatic rings. The Morgan fingerprint density at radius 3 is 2.81 bits per heavy atom. The second kappa shape index (κ2) is 14.8. The molecule has 182 valence electrons. The van der Waals surface area contributed by atoms with Crippen LogP contribution in [0.25, 0.3) is 0 Å². The average Bonchev–Trinajstić information content (AvgIpc) is 2.99. The molecule has 1 atom stereocenters. The summed E-state index contributed by atoms with van der Waals surface area (Å²) in [5.41, 5.74) is 0.910. The molecule has 3 rings (SSSR count). The quantitative estimate of drug-likeness (QED) is 0.207. The molecule has 1 fully saturated rings. The zero-order chi connectivity index (χ0) is 21.9. The molecular weight excluding hydrogens is 523 g/mol. The van der Waals surface area contributed by atoms with Crippen LogP contribution in [0.1, 0.15) is 26.7 Å². The van der Waals surface area contributed by atoms with Crippen molar-refractivity contribution in [3.8, 4) is 11.5 Å². The lowest BCUT2D eigenvalue weighted by atomic mass is 10.2. The zero-order valence-electron chi connectivity index (χ0n) is 19.6. The van der Waals surface area contributed by atoms with E-state index in [0.29, 0.717) is 25.7 Å². The van der Waals surface area contributed by atoms with Gasteiger partial charge in [0.1, 0.15) is 0 Å². The fourth-order valence-corrected chi connectivity index (χ4v) is 3.39. The predicted octanol–water partition coefficient (Wildman–Crippen LogP) is 3.22. The van der Waals surface area contributed by atoms with Gasteiger partial charge in [-0.2, -0.15) is 0 Å². The molecule has 0 radical (unpaired) electrons. The number of benzene rings is 1. The highest BCUT2D eigenvalue weighted by atomic mass is 127. The molecule has 2 N–H and O–H groups in total. The van der Waals surface area contributed by atoms with Crippen LogP contribution in [0.4, 0.5) is 5.69 Å². The molecule has 0 aliphatic carbocycles. The van der Waals surface area contributed by atoms with E-state index in [0.717, 1.165) is 75.4 Å². The maximum atomic E-state index is 5.86. The number of halogens is 1. The minimum atomic E-state index is 0. The first-order chi connectivity index (χ1) is 15.1. The Balaban J connectivity index is 0.00000363. The van der Waals surface area contributed by atoms with Crippen molar-refractivity contribution in [1.82, 2.24) is 10.2 Å². The Morgan fingerprint density at radius 1 is 1.22 bits per heavy atom. The van der Waals surface area contributed by atoms with Crippen LogP contribution in [0.2, 0.25) is 0 Å². The summed E-state index contributed by atoms with van der Waals surface area (Å²) in [6.45, 7) is 11.2. The van der Waals surface area contributed by atoms with E-state index in [-0.39, 0.29) is 30.1 Å². The molecular formula is C23H39IN4O4. The number of fused-ring (bicyclic) bond motifs is 1. The molecule has 1 unspecified atom stereocenters. The number of likely N-dealkylation sites (N-methyl/N-ethyl adjacent to an activating group) is 1. The fourth-order valence-electron chi connectivity index (χ4n) is 3.39. The maximum absolute atomic E-state index is 5.86. The largest absolute Gasteiger partial charge is 0.490 e. The van der Waals surface area contributed by atoms with Crippen LogP contribution in [0, 0.1) is 5.92 Å². The van der Waals surface area contributed by atoms with Gasteiger partial charge in [-0.3, -0.25) is 4.99 Å². The third-order valence-electron chi connectivity index (χ3n) is 5.01. The molecule has 0 aromatic heterocycles. The summed E-state index contributed by atoms with van der Waals surface area (Å²) >= 11 is 0.